The molecule has 2 N–H and O–H groups in total. The van der Waals surface area contributed by atoms with Gasteiger partial charge in [0.15, 0.2) is 0 Å². The average molecular weight is 243 g/mol. The summed E-state index contributed by atoms with van der Waals surface area (Å²) in [7, 11) is 0. The molecule has 0 spiro atoms. The van der Waals surface area contributed by atoms with Crippen molar-refractivity contribution in [2.45, 2.75) is 12.5 Å². The molecule has 0 aliphatic heterocycles. The summed E-state index contributed by atoms with van der Waals surface area (Å²) >= 11 is 0. The van der Waals surface area contributed by atoms with Gasteiger partial charge in [-0.1, -0.05) is 48.5 Å². The highest BCUT2D eigenvalue weighted by atomic mass is 19.1. The van der Waals surface area contributed by atoms with E-state index in [-0.39, 0.29) is 12.4 Å². The molecule has 1 atom stereocenters. The minimum atomic E-state index is -0.585. The number of hydrogen-bond acceptors (Lipinski definition) is 2. The first-order valence-corrected chi connectivity index (χ1v) is 5.75. The topological polar surface area (TPSA) is 43.1 Å². The van der Waals surface area contributed by atoms with E-state index >= 15 is 0 Å². The van der Waals surface area contributed by atoms with Gasteiger partial charge in [-0.15, -0.1) is 0 Å². The summed E-state index contributed by atoms with van der Waals surface area (Å²) in [6.07, 6.45) is 0.758. The Labute approximate surface area is 105 Å². The Balaban J connectivity index is 2.49. The maximum absolute atomic E-state index is 14.2. The molecule has 0 bridgehead atoms. The average Bonchev–Trinajstić information content (AvgIpc) is 2.43. The van der Waals surface area contributed by atoms with Crippen molar-refractivity contribution in [3.63, 3.8) is 0 Å². The zero-order valence-corrected chi connectivity index (χ0v) is 9.84. The van der Waals surface area contributed by atoms with Crippen molar-refractivity contribution in [1.29, 1.82) is 0 Å². The van der Waals surface area contributed by atoms with Crippen LogP contribution in [-0.4, -0.2) is 6.29 Å². The van der Waals surface area contributed by atoms with Crippen LogP contribution in [0.1, 0.15) is 22.6 Å². The highest BCUT2D eigenvalue weighted by Crippen LogP contribution is 2.26. The largest absolute Gasteiger partial charge is 0.326 e. The summed E-state index contributed by atoms with van der Waals surface area (Å²) < 4.78 is 14.2. The van der Waals surface area contributed by atoms with Gasteiger partial charge in [-0.25, -0.2) is 4.39 Å². The van der Waals surface area contributed by atoms with Gasteiger partial charge in [0, 0.05) is 17.7 Å². The van der Waals surface area contributed by atoms with Crippen molar-refractivity contribution in [3.05, 3.63) is 71.0 Å². The molecular weight excluding hydrogens is 229 g/mol. The van der Waals surface area contributed by atoms with E-state index in [2.05, 4.69) is 0 Å². The molecule has 0 aliphatic carbocycles. The number of benzene rings is 2. The monoisotopic (exact) mass is 243 g/mol. The molecule has 0 fully saturated rings. The predicted molar refractivity (Wildman–Crippen MR) is 68.6 cm³/mol. The highest BCUT2D eigenvalue weighted by molar-refractivity contribution is 5.68. The van der Waals surface area contributed by atoms with Crippen LogP contribution >= 0.6 is 0 Å². The molecule has 2 rings (SSSR count). The number of halogens is 1. The Hall–Kier alpha value is -2.00. The van der Waals surface area contributed by atoms with E-state index in [0.29, 0.717) is 11.1 Å². The van der Waals surface area contributed by atoms with E-state index in [1.165, 1.54) is 0 Å². The second-order valence-electron chi connectivity index (χ2n) is 4.05. The Morgan fingerprint density at radius 3 is 2.44 bits per heavy atom. The standard InChI is InChI=1S/C15H14FNO/c16-15-12(9-17)7-4-8-13(15)14(10-18)11-5-2-1-3-6-11/h1-8,10,14H,9,17H2. The predicted octanol–water partition coefficient (Wildman–Crippen LogP) is 2.62. The van der Waals surface area contributed by atoms with Gasteiger partial charge in [-0.3, -0.25) is 0 Å². The smallest absolute Gasteiger partial charge is 0.131 e. The van der Waals surface area contributed by atoms with E-state index in [0.717, 1.165) is 11.8 Å². The van der Waals surface area contributed by atoms with Crippen molar-refractivity contribution < 1.29 is 9.18 Å². The van der Waals surface area contributed by atoms with Gasteiger partial charge in [0.1, 0.15) is 12.1 Å². The van der Waals surface area contributed by atoms with Crippen LogP contribution in [0.3, 0.4) is 0 Å². The van der Waals surface area contributed by atoms with Crippen LogP contribution in [0.5, 0.6) is 0 Å². The Morgan fingerprint density at radius 1 is 1.11 bits per heavy atom. The van der Waals surface area contributed by atoms with Gasteiger partial charge in [0.25, 0.3) is 0 Å². The molecular formula is C15H14FNO. The molecule has 0 saturated carbocycles. The van der Waals surface area contributed by atoms with Gasteiger partial charge >= 0.3 is 0 Å². The van der Waals surface area contributed by atoms with Crippen molar-refractivity contribution in [2.24, 2.45) is 5.73 Å². The first-order valence-electron chi connectivity index (χ1n) is 5.75. The lowest BCUT2D eigenvalue weighted by molar-refractivity contribution is -0.108. The first kappa shape index (κ1) is 12.5. The quantitative estimate of drug-likeness (QED) is 0.839. The Morgan fingerprint density at radius 2 is 1.83 bits per heavy atom. The maximum Gasteiger partial charge on any atom is 0.131 e. The summed E-state index contributed by atoms with van der Waals surface area (Å²) in [6.45, 7) is 0.125. The van der Waals surface area contributed by atoms with Crippen LogP contribution in [0.25, 0.3) is 0 Å². The zero-order valence-electron chi connectivity index (χ0n) is 9.84. The maximum atomic E-state index is 14.2. The van der Waals surface area contributed by atoms with Crippen LogP contribution in [0.4, 0.5) is 4.39 Å². The summed E-state index contributed by atoms with van der Waals surface area (Å²) in [4.78, 5) is 11.3. The minimum absolute atomic E-state index is 0.125. The molecule has 0 radical (unpaired) electrons. The van der Waals surface area contributed by atoms with Gasteiger partial charge < -0.3 is 10.5 Å². The second kappa shape index (κ2) is 5.56. The molecule has 1 unspecified atom stereocenters. The van der Waals surface area contributed by atoms with Crippen LogP contribution in [0.2, 0.25) is 0 Å². The summed E-state index contributed by atoms with van der Waals surface area (Å²) in [5.74, 6) is -0.973. The van der Waals surface area contributed by atoms with Gasteiger partial charge in [0.2, 0.25) is 0 Å². The second-order valence-corrected chi connectivity index (χ2v) is 4.05. The van der Waals surface area contributed by atoms with E-state index in [1.807, 2.05) is 30.3 Å². The third-order valence-corrected chi connectivity index (χ3v) is 2.96. The number of carbonyl (C=O) groups excluding carboxylic acids is 1. The summed E-state index contributed by atoms with van der Waals surface area (Å²) in [5.41, 5.74) is 7.05. The molecule has 18 heavy (non-hydrogen) atoms. The third-order valence-electron chi connectivity index (χ3n) is 2.96. The molecule has 92 valence electrons. The fourth-order valence-corrected chi connectivity index (χ4v) is 1.99. The van der Waals surface area contributed by atoms with Crippen LogP contribution in [-0.2, 0) is 11.3 Å². The van der Waals surface area contributed by atoms with Crippen LogP contribution in [0, 0.1) is 5.82 Å². The fourth-order valence-electron chi connectivity index (χ4n) is 1.99. The molecule has 2 aromatic rings. The number of carbonyl (C=O) groups is 1. The minimum Gasteiger partial charge on any atom is -0.326 e. The molecule has 0 saturated heterocycles. The molecule has 0 aliphatic rings. The van der Waals surface area contributed by atoms with Crippen LogP contribution < -0.4 is 5.73 Å². The first-order chi connectivity index (χ1) is 8.77. The van der Waals surface area contributed by atoms with Gasteiger partial charge in [0.05, 0.1) is 5.92 Å². The van der Waals surface area contributed by atoms with Crippen molar-refractivity contribution >= 4 is 6.29 Å². The SMILES string of the molecule is NCc1cccc(C(C=O)c2ccccc2)c1F. The third kappa shape index (κ3) is 2.31. The van der Waals surface area contributed by atoms with E-state index in [9.17, 15) is 9.18 Å². The van der Waals surface area contributed by atoms with Crippen molar-refractivity contribution in [2.75, 3.05) is 0 Å². The van der Waals surface area contributed by atoms with Crippen LogP contribution in [0.15, 0.2) is 48.5 Å². The van der Waals surface area contributed by atoms with E-state index < -0.39 is 5.92 Å². The number of aldehydes is 1. The number of hydrogen-bond donors (Lipinski definition) is 1. The molecule has 3 heteroatoms. The number of rotatable bonds is 4. The summed E-state index contributed by atoms with van der Waals surface area (Å²) in [5, 5.41) is 0. The van der Waals surface area contributed by atoms with Crippen molar-refractivity contribution in [1.82, 2.24) is 0 Å². The molecule has 0 aromatic heterocycles. The normalized spacial score (nSPS) is 12.1. The fraction of sp³-hybridized carbons (Fsp3) is 0.133. The van der Waals surface area contributed by atoms with Gasteiger partial charge in [-0.2, -0.15) is 0 Å². The molecule has 2 nitrogen and oxygen atoms in total. The lowest BCUT2D eigenvalue weighted by Gasteiger charge is -2.13. The molecule has 2 aromatic carbocycles. The number of nitrogens with two attached hydrogens (primary N) is 1. The lowest BCUT2D eigenvalue weighted by Crippen LogP contribution is -2.08. The zero-order chi connectivity index (χ0) is 13.0. The lowest BCUT2D eigenvalue weighted by atomic mass is 9.91. The molecule has 0 amide bonds. The Kier molecular flexibility index (Phi) is 3.85. The summed E-state index contributed by atoms with van der Waals surface area (Å²) in [6, 6.07) is 14.1. The highest BCUT2D eigenvalue weighted by Gasteiger charge is 2.18. The van der Waals surface area contributed by atoms with E-state index in [4.69, 9.17) is 5.73 Å². The van der Waals surface area contributed by atoms with Gasteiger partial charge in [-0.05, 0) is 5.56 Å². The van der Waals surface area contributed by atoms with Crippen molar-refractivity contribution in [3.8, 4) is 0 Å². The van der Waals surface area contributed by atoms with E-state index in [1.54, 1.807) is 18.2 Å². The Bertz CT molecular complexity index is 539. The molecule has 0 heterocycles.